The second kappa shape index (κ2) is 4.68. The van der Waals surface area contributed by atoms with E-state index in [-0.39, 0.29) is 6.10 Å². The van der Waals surface area contributed by atoms with E-state index < -0.39 is 0 Å². The van der Waals surface area contributed by atoms with E-state index in [2.05, 4.69) is 6.92 Å². The predicted octanol–water partition coefficient (Wildman–Crippen LogP) is 1.43. The second-order valence-corrected chi connectivity index (χ2v) is 3.67. The van der Waals surface area contributed by atoms with E-state index in [0.717, 1.165) is 28.9 Å². The normalized spacial score (nSPS) is 12.8. The molecule has 1 aromatic carbocycles. The SMILES string of the molecule is Bc1c(Cl)cccc1C(O)CCC. The molecule has 13 heavy (non-hydrogen) atoms. The number of aliphatic hydroxyl groups excluding tert-OH is 1. The third kappa shape index (κ3) is 2.49. The number of benzene rings is 1. The van der Waals surface area contributed by atoms with Crippen LogP contribution in [0.25, 0.3) is 0 Å². The minimum atomic E-state index is -0.372. The van der Waals surface area contributed by atoms with Crippen LogP contribution in [0.3, 0.4) is 0 Å². The van der Waals surface area contributed by atoms with Gasteiger partial charge < -0.3 is 5.11 Å². The van der Waals surface area contributed by atoms with Crippen molar-refractivity contribution in [2.24, 2.45) is 0 Å². The Morgan fingerprint density at radius 3 is 2.85 bits per heavy atom. The summed E-state index contributed by atoms with van der Waals surface area (Å²) in [5.41, 5.74) is 1.94. The Morgan fingerprint density at radius 2 is 2.23 bits per heavy atom. The van der Waals surface area contributed by atoms with Crippen molar-refractivity contribution < 1.29 is 5.11 Å². The molecule has 0 saturated carbocycles. The average Bonchev–Trinajstić information content (AvgIpc) is 2.10. The van der Waals surface area contributed by atoms with Crippen LogP contribution >= 0.6 is 11.6 Å². The maximum absolute atomic E-state index is 9.77. The van der Waals surface area contributed by atoms with Gasteiger partial charge in [-0.2, -0.15) is 0 Å². The monoisotopic (exact) mass is 196 g/mol. The lowest BCUT2D eigenvalue weighted by atomic mass is 9.87. The number of hydrogen-bond donors (Lipinski definition) is 1. The van der Waals surface area contributed by atoms with Gasteiger partial charge in [0.25, 0.3) is 0 Å². The van der Waals surface area contributed by atoms with Gasteiger partial charge in [0, 0.05) is 5.02 Å². The smallest absolute Gasteiger partial charge is 0.141 e. The first-order chi connectivity index (χ1) is 6.16. The summed E-state index contributed by atoms with van der Waals surface area (Å²) in [4.78, 5) is 0. The molecule has 1 aromatic rings. The molecule has 70 valence electrons. The van der Waals surface area contributed by atoms with Crippen LogP contribution in [0.15, 0.2) is 18.2 Å². The van der Waals surface area contributed by atoms with Crippen LogP contribution in [0.2, 0.25) is 5.02 Å². The molecular formula is C10H14BClO. The van der Waals surface area contributed by atoms with Crippen LogP contribution in [0.5, 0.6) is 0 Å². The Kier molecular flexibility index (Phi) is 3.82. The van der Waals surface area contributed by atoms with Gasteiger partial charge in [-0.25, -0.2) is 0 Å². The molecule has 0 aliphatic heterocycles. The number of halogens is 1. The number of hydrogen-bond acceptors (Lipinski definition) is 1. The Labute approximate surface area is 85.1 Å². The Balaban J connectivity index is 2.93. The van der Waals surface area contributed by atoms with Crippen LogP contribution in [0, 0.1) is 0 Å². The van der Waals surface area contributed by atoms with Gasteiger partial charge in [-0.15, -0.1) is 0 Å². The van der Waals surface area contributed by atoms with Crippen molar-refractivity contribution in [2.45, 2.75) is 25.9 Å². The number of rotatable bonds is 3. The van der Waals surface area contributed by atoms with Gasteiger partial charge in [0.15, 0.2) is 0 Å². The zero-order valence-electron chi connectivity index (χ0n) is 8.05. The van der Waals surface area contributed by atoms with E-state index >= 15 is 0 Å². The fraction of sp³-hybridized carbons (Fsp3) is 0.400. The maximum Gasteiger partial charge on any atom is 0.141 e. The van der Waals surface area contributed by atoms with Crippen LogP contribution in [0.1, 0.15) is 31.4 Å². The summed E-state index contributed by atoms with van der Waals surface area (Å²) in [5.74, 6) is 0. The van der Waals surface area contributed by atoms with Crippen molar-refractivity contribution in [2.75, 3.05) is 0 Å². The topological polar surface area (TPSA) is 20.2 Å². The van der Waals surface area contributed by atoms with Gasteiger partial charge in [-0.05, 0) is 18.1 Å². The lowest BCUT2D eigenvalue weighted by Crippen LogP contribution is -2.15. The Bertz CT molecular complexity index is 288. The van der Waals surface area contributed by atoms with Crippen molar-refractivity contribution in [1.82, 2.24) is 0 Å². The minimum absolute atomic E-state index is 0.372. The molecular weight excluding hydrogens is 182 g/mol. The molecule has 0 saturated heterocycles. The van der Waals surface area contributed by atoms with Gasteiger partial charge in [-0.1, -0.05) is 42.5 Å². The quantitative estimate of drug-likeness (QED) is 0.725. The summed E-state index contributed by atoms with van der Waals surface area (Å²) < 4.78 is 0. The standard InChI is InChI=1S/C10H14BClO/c1-2-4-9(13)7-5-3-6-8(12)10(7)11/h3,5-6,9,13H,2,4,11H2,1H3. The van der Waals surface area contributed by atoms with Crippen molar-refractivity contribution in [1.29, 1.82) is 0 Å². The summed E-state index contributed by atoms with van der Waals surface area (Å²) in [6.45, 7) is 2.06. The van der Waals surface area contributed by atoms with Gasteiger partial charge in [0.2, 0.25) is 0 Å². The highest BCUT2D eigenvalue weighted by molar-refractivity contribution is 6.45. The van der Waals surface area contributed by atoms with E-state index in [1.807, 2.05) is 26.0 Å². The maximum atomic E-state index is 9.77. The molecule has 3 heteroatoms. The molecule has 1 rings (SSSR count). The molecule has 0 heterocycles. The molecule has 1 N–H and O–H groups in total. The first-order valence-electron chi connectivity index (χ1n) is 4.60. The van der Waals surface area contributed by atoms with Crippen LogP contribution in [0.4, 0.5) is 0 Å². The third-order valence-electron chi connectivity index (χ3n) is 2.23. The van der Waals surface area contributed by atoms with E-state index in [1.54, 1.807) is 0 Å². The van der Waals surface area contributed by atoms with Gasteiger partial charge >= 0.3 is 0 Å². The zero-order chi connectivity index (χ0) is 9.84. The minimum Gasteiger partial charge on any atom is -0.388 e. The van der Waals surface area contributed by atoms with Crippen molar-refractivity contribution >= 4 is 24.9 Å². The van der Waals surface area contributed by atoms with Crippen molar-refractivity contribution in [3.05, 3.63) is 28.8 Å². The van der Waals surface area contributed by atoms with E-state index in [4.69, 9.17) is 11.6 Å². The molecule has 0 aliphatic carbocycles. The molecule has 0 bridgehead atoms. The van der Waals surface area contributed by atoms with Gasteiger partial charge in [0.05, 0.1) is 6.10 Å². The molecule has 0 fully saturated rings. The largest absolute Gasteiger partial charge is 0.388 e. The van der Waals surface area contributed by atoms with E-state index in [1.165, 1.54) is 0 Å². The molecule has 0 aromatic heterocycles. The third-order valence-corrected chi connectivity index (χ3v) is 2.64. The number of aliphatic hydroxyl groups is 1. The molecule has 1 nitrogen and oxygen atoms in total. The molecule has 1 atom stereocenters. The first-order valence-corrected chi connectivity index (χ1v) is 4.97. The predicted molar refractivity (Wildman–Crippen MR) is 59.5 cm³/mol. The highest BCUT2D eigenvalue weighted by Crippen LogP contribution is 2.18. The molecule has 0 amide bonds. The Morgan fingerprint density at radius 1 is 1.54 bits per heavy atom. The second-order valence-electron chi connectivity index (χ2n) is 3.26. The van der Waals surface area contributed by atoms with Gasteiger partial charge in [0.1, 0.15) is 7.85 Å². The van der Waals surface area contributed by atoms with Crippen LogP contribution in [-0.4, -0.2) is 13.0 Å². The van der Waals surface area contributed by atoms with Crippen molar-refractivity contribution in [3.8, 4) is 0 Å². The Hall–Kier alpha value is -0.465. The molecule has 0 spiro atoms. The molecule has 0 radical (unpaired) electrons. The fourth-order valence-electron chi connectivity index (χ4n) is 1.41. The highest BCUT2D eigenvalue weighted by Gasteiger charge is 2.10. The lowest BCUT2D eigenvalue weighted by molar-refractivity contribution is 0.167. The van der Waals surface area contributed by atoms with Crippen LogP contribution < -0.4 is 5.46 Å². The first kappa shape index (κ1) is 10.6. The van der Waals surface area contributed by atoms with E-state index in [9.17, 15) is 5.11 Å². The summed E-state index contributed by atoms with van der Waals surface area (Å²) in [6.07, 6.45) is 1.40. The van der Waals surface area contributed by atoms with E-state index in [0.29, 0.717) is 0 Å². The average molecular weight is 196 g/mol. The summed E-state index contributed by atoms with van der Waals surface area (Å²) in [5, 5.41) is 10.5. The lowest BCUT2D eigenvalue weighted by Gasteiger charge is -2.13. The zero-order valence-corrected chi connectivity index (χ0v) is 8.80. The highest BCUT2D eigenvalue weighted by atomic mass is 35.5. The van der Waals surface area contributed by atoms with Crippen LogP contribution in [-0.2, 0) is 0 Å². The van der Waals surface area contributed by atoms with Crippen molar-refractivity contribution in [3.63, 3.8) is 0 Å². The van der Waals surface area contributed by atoms with Gasteiger partial charge in [-0.3, -0.25) is 0 Å². The summed E-state index contributed by atoms with van der Waals surface area (Å²) >= 11 is 5.95. The fourth-order valence-corrected chi connectivity index (χ4v) is 1.60. The summed E-state index contributed by atoms with van der Waals surface area (Å²) in [6, 6.07) is 5.66. The molecule has 1 unspecified atom stereocenters. The summed E-state index contributed by atoms with van der Waals surface area (Å²) in [7, 11) is 1.94. The molecule has 0 aliphatic rings.